The number of primary amides is 1. The fraction of sp³-hybridized carbons (Fsp3) is 0.0714. The monoisotopic (exact) mass is 292 g/mol. The van der Waals surface area contributed by atoms with Crippen molar-refractivity contribution in [2.24, 2.45) is 5.73 Å². The van der Waals surface area contributed by atoms with Crippen LogP contribution in [0.25, 0.3) is 0 Å². The molecule has 0 aliphatic carbocycles. The van der Waals surface area contributed by atoms with Crippen LogP contribution in [0.15, 0.2) is 47.4 Å². The molecule has 1 amide bonds. The maximum absolute atomic E-state index is 12.9. The second kappa shape index (κ2) is 5.83. The van der Waals surface area contributed by atoms with Crippen LogP contribution in [0.5, 0.6) is 0 Å². The molecule has 0 aliphatic heterocycles. The molecular weight excluding hydrogens is 279 g/mol. The van der Waals surface area contributed by atoms with Gasteiger partial charge in [0.1, 0.15) is 5.82 Å². The summed E-state index contributed by atoms with van der Waals surface area (Å²) in [5.74, 6) is -0.838. The van der Waals surface area contributed by atoms with Crippen LogP contribution in [0.1, 0.15) is 15.9 Å². The number of benzene rings is 2. The molecule has 4 nitrogen and oxygen atoms in total. The minimum atomic E-state index is -1.42. The first-order valence-corrected chi connectivity index (χ1v) is 7.11. The van der Waals surface area contributed by atoms with Gasteiger partial charge in [0.25, 0.3) is 0 Å². The van der Waals surface area contributed by atoms with Gasteiger partial charge in [0.15, 0.2) is 0 Å². The van der Waals surface area contributed by atoms with Gasteiger partial charge in [-0.05, 0) is 35.9 Å². The van der Waals surface area contributed by atoms with E-state index in [2.05, 4.69) is 0 Å². The number of carbonyl (C=O) groups excluding carboxylic acids is 1. The van der Waals surface area contributed by atoms with Gasteiger partial charge in [0.05, 0.1) is 27.1 Å². The van der Waals surface area contributed by atoms with Crippen molar-refractivity contribution in [3.63, 3.8) is 0 Å². The highest BCUT2D eigenvalue weighted by Crippen LogP contribution is 2.20. The van der Waals surface area contributed by atoms with Crippen LogP contribution in [0.4, 0.5) is 10.1 Å². The van der Waals surface area contributed by atoms with E-state index in [4.69, 9.17) is 11.5 Å². The number of hydrogen-bond donors (Lipinski definition) is 2. The van der Waals surface area contributed by atoms with E-state index in [-0.39, 0.29) is 11.4 Å². The van der Waals surface area contributed by atoms with E-state index in [1.54, 1.807) is 24.3 Å². The van der Waals surface area contributed by atoms with Gasteiger partial charge in [0.2, 0.25) is 5.91 Å². The van der Waals surface area contributed by atoms with Crippen molar-refractivity contribution in [2.45, 2.75) is 10.6 Å². The van der Waals surface area contributed by atoms with Gasteiger partial charge in [-0.25, -0.2) is 4.39 Å². The number of nitrogen functional groups attached to an aromatic ring is 1. The zero-order chi connectivity index (χ0) is 14.7. The summed E-state index contributed by atoms with van der Waals surface area (Å²) in [6.45, 7) is 0. The van der Waals surface area contributed by atoms with Gasteiger partial charge in [-0.2, -0.15) is 0 Å². The third-order valence-electron chi connectivity index (χ3n) is 2.73. The van der Waals surface area contributed by atoms with Crippen LogP contribution >= 0.6 is 0 Å². The molecule has 6 heteroatoms. The van der Waals surface area contributed by atoms with Gasteiger partial charge >= 0.3 is 0 Å². The zero-order valence-corrected chi connectivity index (χ0v) is 11.3. The second-order valence-corrected chi connectivity index (χ2v) is 5.66. The third kappa shape index (κ3) is 3.21. The van der Waals surface area contributed by atoms with Gasteiger partial charge in [-0.3, -0.25) is 9.00 Å². The molecular formula is C14H13FN2O2S. The van der Waals surface area contributed by atoms with Gasteiger partial charge in [-0.1, -0.05) is 12.1 Å². The molecule has 2 aromatic rings. The average Bonchev–Trinajstić information content (AvgIpc) is 2.38. The van der Waals surface area contributed by atoms with Crippen molar-refractivity contribution in [3.05, 3.63) is 59.4 Å². The molecule has 0 aromatic heterocycles. The Balaban J connectivity index is 2.23. The lowest BCUT2D eigenvalue weighted by Crippen LogP contribution is -2.11. The smallest absolute Gasteiger partial charge is 0.248 e. The Morgan fingerprint density at radius 2 is 1.95 bits per heavy atom. The topological polar surface area (TPSA) is 86.2 Å². The minimum Gasteiger partial charge on any atom is -0.398 e. The van der Waals surface area contributed by atoms with Crippen LogP contribution < -0.4 is 11.5 Å². The van der Waals surface area contributed by atoms with Gasteiger partial charge < -0.3 is 11.5 Å². The van der Waals surface area contributed by atoms with Crippen LogP contribution in [-0.2, 0) is 16.6 Å². The van der Waals surface area contributed by atoms with Crippen molar-refractivity contribution >= 4 is 22.4 Å². The summed E-state index contributed by atoms with van der Waals surface area (Å²) in [5, 5.41) is 0. The summed E-state index contributed by atoms with van der Waals surface area (Å²) in [6, 6.07) is 10.3. The van der Waals surface area contributed by atoms with Crippen molar-refractivity contribution in [1.29, 1.82) is 0 Å². The molecule has 0 heterocycles. The van der Waals surface area contributed by atoms with Crippen LogP contribution in [-0.4, -0.2) is 10.1 Å². The summed E-state index contributed by atoms with van der Waals surface area (Å²) in [6.07, 6.45) is 0. The standard InChI is InChI=1S/C14H13FN2O2S/c15-11-4-5-13(12(16)7-11)20(19)8-9-2-1-3-10(6-9)14(17)18/h1-7H,8,16H2,(H2,17,18). The maximum Gasteiger partial charge on any atom is 0.248 e. The molecule has 4 N–H and O–H groups in total. The van der Waals surface area contributed by atoms with Crippen LogP contribution in [0.2, 0.25) is 0 Å². The summed E-state index contributed by atoms with van der Waals surface area (Å²) < 4.78 is 25.2. The van der Waals surface area contributed by atoms with E-state index in [0.717, 1.165) is 6.07 Å². The first kappa shape index (κ1) is 14.2. The Bertz CT molecular complexity index is 689. The zero-order valence-electron chi connectivity index (χ0n) is 10.5. The molecule has 104 valence electrons. The highest BCUT2D eigenvalue weighted by Gasteiger charge is 2.11. The summed E-state index contributed by atoms with van der Waals surface area (Å²) in [5.41, 5.74) is 12.0. The Kier molecular flexibility index (Phi) is 4.14. The van der Waals surface area contributed by atoms with Crippen molar-refractivity contribution < 1.29 is 13.4 Å². The number of carbonyl (C=O) groups is 1. The van der Waals surface area contributed by atoms with E-state index in [9.17, 15) is 13.4 Å². The van der Waals surface area contributed by atoms with E-state index in [1.807, 2.05) is 0 Å². The van der Waals surface area contributed by atoms with Crippen LogP contribution in [0, 0.1) is 5.82 Å². The Labute approximate surface area is 118 Å². The number of hydrogen-bond acceptors (Lipinski definition) is 3. The number of halogens is 1. The molecule has 2 rings (SSSR count). The molecule has 0 spiro atoms. The Morgan fingerprint density at radius 1 is 1.20 bits per heavy atom. The highest BCUT2D eigenvalue weighted by atomic mass is 32.2. The van der Waals surface area contributed by atoms with E-state index in [0.29, 0.717) is 16.0 Å². The Morgan fingerprint density at radius 3 is 2.60 bits per heavy atom. The molecule has 1 atom stereocenters. The van der Waals surface area contributed by atoms with Gasteiger partial charge in [-0.15, -0.1) is 0 Å². The molecule has 0 radical (unpaired) electrons. The molecule has 0 aliphatic rings. The molecule has 0 fully saturated rings. The lowest BCUT2D eigenvalue weighted by atomic mass is 10.1. The fourth-order valence-corrected chi connectivity index (χ4v) is 2.95. The number of rotatable bonds is 4. The average molecular weight is 292 g/mol. The molecule has 0 saturated heterocycles. The molecule has 0 saturated carbocycles. The van der Waals surface area contributed by atoms with Crippen molar-refractivity contribution in [1.82, 2.24) is 0 Å². The highest BCUT2D eigenvalue weighted by molar-refractivity contribution is 7.84. The predicted octanol–water partition coefficient (Wildman–Crippen LogP) is 1.81. The lowest BCUT2D eigenvalue weighted by Gasteiger charge is -2.07. The summed E-state index contributed by atoms with van der Waals surface area (Å²) in [4.78, 5) is 11.5. The van der Waals surface area contributed by atoms with E-state index < -0.39 is 22.5 Å². The fourth-order valence-electron chi connectivity index (χ4n) is 1.77. The quantitative estimate of drug-likeness (QED) is 0.843. The number of amides is 1. The molecule has 0 bridgehead atoms. The lowest BCUT2D eigenvalue weighted by molar-refractivity contribution is 0.1000. The number of nitrogens with two attached hydrogens (primary N) is 2. The normalized spacial score (nSPS) is 12.1. The minimum absolute atomic E-state index is 0.148. The second-order valence-electron chi connectivity index (χ2n) is 4.24. The molecule has 2 aromatic carbocycles. The van der Waals surface area contributed by atoms with E-state index >= 15 is 0 Å². The van der Waals surface area contributed by atoms with Crippen molar-refractivity contribution in [3.8, 4) is 0 Å². The first-order chi connectivity index (χ1) is 9.47. The maximum atomic E-state index is 12.9. The third-order valence-corrected chi connectivity index (χ3v) is 4.18. The van der Waals surface area contributed by atoms with Gasteiger partial charge in [0, 0.05) is 5.56 Å². The summed E-state index contributed by atoms with van der Waals surface area (Å²) in [7, 11) is -1.42. The molecule has 20 heavy (non-hydrogen) atoms. The first-order valence-electron chi connectivity index (χ1n) is 5.79. The Hall–Kier alpha value is -2.21. The predicted molar refractivity (Wildman–Crippen MR) is 75.9 cm³/mol. The largest absolute Gasteiger partial charge is 0.398 e. The number of anilines is 1. The molecule has 1 unspecified atom stereocenters. The van der Waals surface area contributed by atoms with Crippen molar-refractivity contribution in [2.75, 3.05) is 5.73 Å². The van der Waals surface area contributed by atoms with Crippen LogP contribution in [0.3, 0.4) is 0 Å². The SMILES string of the molecule is NC(=O)c1cccc(CS(=O)c2ccc(F)cc2N)c1. The summed E-state index contributed by atoms with van der Waals surface area (Å²) >= 11 is 0. The van der Waals surface area contributed by atoms with E-state index in [1.165, 1.54) is 12.1 Å².